The maximum absolute atomic E-state index is 13.5. The smallest absolute Gasteiger partial charge is 0.123 e. The molecular weight excluding hydrogens is 237 g/mol. The van der Waals surface area contributed by atoms with Crippen molar-refractivity contribution in [1.82, 2.24) is 0 Å². The lowest BCUT2D eigenvalue weighted by Crippen LogP contribution is -2.38. The minimum absolute atomic E-state index is 0.244. The maximum Gasteiger partial charge on any atom is 0.123 e. The molecule has 0 bridgehead atoms. The average Bonchev–Trinajstić information content (AvgIpc) is 2.41. The molecule has 0 fully saturated rings. The van der Waals surface area contributed by atoms with Gasteiger partial charge in [-0.05, 0) is 54.7 Å². The molecule has 2 aromatic carbocycles. The van der Waals surface area contributed by atoms with Gasteiger partial charge < -0.3 is 5.73 Å². The minimum Gasteiger partial charge on any atom is -0.318 e. The molecule has 1 atom stereocenters. The molecule has 100 valence electrons. The van der Waals surface area contributed by atoms with Gasteiger partial charge in [0.25, 0.3) is 0 Å². The van der Waals surface area contributed by atoms with E-state index < -0.39 is 5.54 Å². The predicted octanol–water partition coefficient (Wildman–Crippen LogP) is 4.05. The lowest BCUT2D eigenvalue weighted by Gasteiger charge is -2.31. The third-order valence-electron chi connectivity index (χ3n) is 3.98. The van der Waals surface area contributed by atoms with E-state index in [-0.39, 0.29) is 5.82 Å². The zero-order chi connectivity index (χ0) is 14.0. The highest BCUT2D eigenvalue weighted by molar-refractivity contribution is 5.44. The Morgan fingerprint density at radius 3 is 2.42 bits per heavy atom. The molecular formula is C17H20FN. The molecule has 2 N–H and O–H groups in total. The third kappa shape index (κ3) is 2.41. The van der Waals surface area contributed by atoms with Crippen LogP contribution in [0, 0.1) is 19.7 Å². The van der Waals surface area contributed by atoms with Gasteiger partial charge >= 0.3 is 0 Å². The Kier molecular flexibility index (Phi) is 3.72. The van der Waals surface area contributed by atoms with Crippen LogP contribution in [0.4, 0.5) is 4.39 Å². The molecule has 0 radical (unpaired) electrons. The van der Waals surface area contributed by atoms with Crippen molar-refractivity contribution < 1.29 is 4.39 Å². The lowest BCUT2D eigenvalue weighted by molar-refractivity contribution is 0.509. The first kappa shape index (κ1) is 13.8. The summed E-state index contributed by atoms with van der Waals surface area (Å²) >= 11 is 0. The molecule has 0 saturated carbocycles. The summed E-state index contributed by atoms with van der Waals surface area (Å²) in [6.07, 6.45) is 0.723. The van der Waals surface area contributed by atoms with Crippen molar-refractivity contribution in [2.24, 2.45) is 5.73 Å². The van der Waals surface area contributed by atoms with Crippen LogP contribution >= 0.6 is 0 Å². The first-order chi connectivity index (χ1) is 8.99. The molecule has 0 aliphatic rings. The normalized spacial score (nSPS) is 14.2. The van der Waals surface area contributed by atoms with Gasteiger partial charge in [-0.25, -0.2) is 4.39 Å². The van der Waals surface area contributed by atoms with Crippen LogP contribution in [-0.4, -0.2) is 0 Å². The van der Waals surface area contributed by atoms with Crippen molar-refractivity contribution in [3.8, 4) is 0 Å². The number of nitrogens with two attached hydrogens (primary N) is 1. The molecule has 0 aromatic heterocycles. The van der Waals surface area contributed by atoms with Crippen LogP contribution in [0.3, 0.4) is 0 Å². The van der Waals surface area contributed by atoms with Gasteiger partial charge in [0.1, 0.15) is 5.82 Å². The molecule has 2 rings (SSSR count). The Bertz CT molecular complexity index is 592. The Morgan fingerprint density at radius 1 is 1.11 bits per heavy atom. The van der Waals surface area contributed by atoms with Gasteiger partial charge in [-0.1, -0.05) is 37.3 Å². The van der Waals surface area contributed by atoms with Gasteiger partial charge in [-0.15, -0.1) is 0 Å². The van der Waals surface area contributed by atoms with Gasteiger partial charge in [-0.3, -0.25) is 0 Å². The van der Waals surface area contributed by atoms with E-state index in [1.54, 1.807) is 6.07 Å². The first-order valence-corrected chi connectivity index (χ1v) is 6.60. The first-order valence-electron chi connectivity index (χ1n) is 6.60. The molecule has 2 aromatic rings. The van der Waals surface area contributed by atoms with Gasteiger partial charge in [0, 0.05) is 0 Å². The maximum atomic E-state index is 13.5. The van der Waals surface area contributed by atoms with Crippen molar-refractivity contribution in [3.05, 3.63) is 70.5 Å². The highest BCUT2D eigenvalue weighted by Gasteiger charge is 2.29. The van der Waals surface area contributed by atoms with Crippen LogP contribution in [-0.2, 0) is 5.54 Å². The fraction of sp³-hybridized carbons (Fsp3) is 0.294. The van der Waals surface area contributed by atoms with E-state index in [1.165, 1.54) is 23.3 Å². The van der Waals surface area contributed by atoms with E-state index in [2.05, 4.69) is 19.9 Å². The van der Waals surface area contributed by atoms with Gasteiger partial charge in [0.15, 0.2) is 0 Å². The molecule has 0 saturated heterocycles. The van der Waals surface area contributed by atoms with Crippen molar-refractivity contribution in [2.75, 3.05) is 0 Å². The predicted molar refractivity (Wildman–Crippen MR) is 77.6 cm³/mol. The van der Waals surface area contributed by atoms with Crippen LogP contribution in [0.15, 0.2) is 42.5 Å². The number of benzene rings is 2. The summed E-state index contributed by atoms with van der Waals surface area (Å²) in [5.41, 5.74) is 10.2. The van der Waals surface area contributed by atoms with Crippen LogP contribution in [0.2, 0.25) is 0 Å². The van der Waals surface area contributed by atoms with E-state index in [0.29, 0.717) is 0 Å². The third-order valence-corrected chi connectivity index (χ3v) is 3.98. The minimum atomic E-state index is -0.641. The van der Waals surface area contributed by atoms with Gasteiger partial charge in [0.2, 0.25) is 0 Å². The summed E-state index contributed by atoms with van der Waals surface area (Å²) in [6.45, 7) is 6.18. The second-order valence-electron chi connectivity index (χ2n) is 5.08. The number of hydrogen-bond donors (Lipinski definition) is 1. The number of rotatable bonds is 3. The second-order valence-corrected chi connectivity index (χ2v) is 5.08. The SMILES string of the molecule is CCC(N)(c1cccc(F)c1)c1cccc(C)c1C. The van der Waals surface area contributed by atoms with Gasteiger partial charge in [-0.2, -0.15) is 0 Å². The van der Waals surface area contributed by atoms with Crippen molar-refractivity contribution in [3.63, 3.8) is 0 Å². The molecule has 1 nitrogen and oxygen atoms in total. The molecule has 0 heterocycles. The molecule has 0 amide bonds. The van der Waals surface area contributed by atoms with E-state index in [0.717, 1.165) is 17.5 Å². The Morgan fingerprint density at radius 2 is 1.79 bits per heavy atom. The molecule has 0 aliphatic heterocycles. The molecule has 1 unspecified atom stereocenters. The summed E-state index contributed by atoms with van der Waals surface area (Å²) in [4.78, 5) is 0. The summed E-state index contributed by atoms with van der Waals surface area (Å²) < 4.78 is 13.5. The summed E-state index contributed by atoms with van der Waals surface area (Å²) in [7, 11) is 0. The Hall–Kier alpha value is -1.67. The lowest BCUT2D eigenvalue weighted by atomic mass is 9.79. The molecule has 19 heavy (non-hydrogen) atoms. The van der Waals surface area contributed by atoms with Gasteiger partial charge in [0.05, 0.1) is 5.54 Å². The summed E-state index contributed by atoms with van der Waals surface area (Å²) in [5.74, 6) is -0.244. The fourth-order valence-electron chi connectivity index (χ4n) is 2.55. The summed E-state index contributed by atoms with van der Waals surface area (Å²) in [6, 6.07) is 12.7. The monoisotopic (exact) mass is 257 g/mol. The number of aryl methyl sites for hydroxylation is 1. The standard InChI is InChI=1S/C17H20FN/c1-4-17(19,14-8-6-9-15(18)11-14)16-10-5-7-12(2)13(16)3/h5-11H,4,19H2,1-3H3. The van der Waals surface area contributed by atoms with E-state index in [1.807, 2.05) is 25.1 Å². The fourth-order valence-corrected chi connectivity index (χ4v) is 2.55. The van der Waals surface area contributed by atoms with Crippen molar-refractivity contribution >= 4 is 0 Å². The topological polar surface area (TPSA) is 26.0 Å². The second kappa shape index (κ2) is 5.14. The van der Waals surface area contributed by atoms with Crippen LogP contribution in [0.25, 0.3) is 0 Å². The highest BCUT2D eigenvalue weighted by atomic mass is 19.1. The zero-order valence-corrected chi connectivity index (χ0v) is 11.7. The van der Waals surface area contributed by atoms with E-state index >= 15 is 0 Å². The van der Waals surface area contributed by atoms with Crippen molar-refractivity contribution in [1.29, 1.82) is 0 Å². The largest absolute Gasteiger partial charge is 0.318 e. The summed E-state index contributed by atoms with van der Waals surface area (Å²) in [5, 5.41) is 0. The van der Waals surface area contributed by atoms with Crippen LogP contribution < -0.4 is 5.73 Å². The molecule has 2 heteroatoms. The number of halogens is 1. The average molecular weight is 257 g/mol. The quantitative estimate of drug-likeness (QED) is 0.881. The molecule has 0 aliphatic carbocycles. The van der Waals surface area contributed by atoms with E-state index in [4.69, 9.17) is 5.73 Å². The van der Waals surface area contributed by atoms with Crippen LogP contribution in [0.5, 0.6) is 0 Å². The van der Waals surface area contributed by atoms with Crippen LogP contribution in [0.1, 0.15) is 35.6 Å². The molecule has 0 spiro atoms. The zero-order valence-electron chi connectivity index (χ0n) is 11.7. The number of hydrogen-bond acceptors (Lipinski definition) is 1. The Labute approximate surface area is 114 Å². The highest BCUT2D eigenvalue weighted by Crippen LogP contribution is 2.33. The van der Waals surface area contributed by atoms with E-state index in [9.17, 15) is 4.39 Å². The Balaban J connectivity index is 2.63. The van der Waals surface area contributed by atoms with Crippen molar-refractivity contribution in [2.45, 2.75) is 32.7 Å².